The van der Waals surface area contributed by atoms with Crippen LogP contribution in [0.5, 0.6) is 0 Å². The van der Waals surface area contributed by atoms with E-state index < -0.39 is 6.10 Å². The highest BCUT2D eigenvalue weighted by Crippen LogP contribution is 2.17. The molecule has 31 heavy (non-hydrogen) atoms. The van der Waals surface area contributed by atoms with Crippen LogP contribution in [0.3, 0.4) is 0 Å². The van der Waals surface area contributed by atoms with Gasteiger partial charge in [-0.2, -0.15) is 0 Å². The molecule has 2 aromatic carbocycles. The minimum Gasteiger partial charge on any atom is -0.368 e. The standard InChI is InChI=1S/C25H25N3O3/c29-24(20-8-4-9-21(17-20)27-25(30)22-10-5-15-31-22)28-23-16-19(13-14-26-23)12-11-18-6-2-1-3-7-18/h1-4,6-9,13-14,16-17,22H,5,10-12,15H2,(H,27,30)(H,26,28,29). The van der Waals surface area contributed by atoms with Crippen LogP contribution in [0, 0.1) is 0 Å². The maximum Gasteiger partial charge on any atom is 0.256 e. The molecule has 0 radical (unpaired) electrons. The molecule has 1 unspecified atom stereocenters. The summed E-state index contributed by atoms with van der Waals surface area (Å²) in [6.07, 6.45) is 4.68. The molecule has 1 fully saturated rings. The van der Waals surface area contributed by atoms with Crippen molar-refractivity contribution in [2.45, 2.75) is 31.8 Å². The second kappa shape index (κ2) is 10.00. The Bertz CT molecular complexity index is 1050. The summed E-state index contributed by atoms with van der Waals surface area (Å²) in [5.74, 6) is 0.0492. The van der Waals surface area contributed by atoms with E-state index in [1.165, 1.54) is 5.56 Å². The van der Waals surface area contributed by atoms with Crippen molar-refractivity contribution in [1.29, 1.82) is 0 Å². The number of rotatable bonds is 7. The zero-order valence-corrected chi connectivity index (χ0v) is 17.2. The van der Waals surface area contributed by atoms with Gasteiger partial charge < -0.3 is 15.4 Å². The van der Waals surface area contributed by atoms with E-state index >= 15 is 0 Å². The normalized spacial score (nSPS) is 15.4. The number of amides is 2. The third-order valence-corrected chi connectivity index (χ3v) is 5.23. The minimum absolute atomic E-state index is 0.178. The van der Waals surface area contributed by atoms with E-state index in [4.69, 9.17) is 4.74 Å². The Morgan fingerprint density at radius 1 is 0.935 bits per heavy atom. The molecule has 1 atom stereocenters. The van der Waals surface area contributed by atoms with Crippen LogP contribution < -0.4 is 10.6 Å². The molecule has 0 bridgehead atoms. The SMILES string of the molecule is O=C(Nc1cc(CCc2ccccc2)ccn1)c1cccc(NC(=O)C2CCCO2)c1. The molecule has 1 saturated heterocycles. The van der Waals surface area contributed by atoms with Gasteiger partial charge in [0.2, 0.25) is 0 Å². The second-order valence-electron chi connectivity index (χ2n) is 7.56. The van der Waals surface area contributed by atoms with E-state index in [-0.39, 0.29) is 11.8 Å². The van der Waals surface area contributed by atoms with E-state index in [9.17, 15) is 9.59 Å². The number of carbonyl (C=O) groups is 2. The molecule has 158 valence electrons. The summed E-state index contributed by atoms with van der Waals surface area (Å²) < 4.78 is 5.40. The lowest BCUT2D eigenvalue weighted by Crippen LogP contribution is -2.27. The quantitative estimate of drug-likeness (QED) is 0.605. The molecule has 2 heterocycles. The maximum atomic E-state index is 12.7. The smallest absolute Gasteiger partial charge is 0.256 e. The fraction of sp³-hybridized carbons (Fsp3) is 0.240. The summed E-state index contributed by atoms with van der Waals surface area (Å²) in [4.78, 5) is 29.2. The van der Waals surface area contributed by atoms with Crippen molar-refractivity contribution in [2.75, 3.05) is 17.2 Å². The molecule has 6 nitrogen and oxygen atoms in total. The van der Waals surface area contributed by atoms with Crippen molar-refractivity contribution >= 4 is 23.3 Å². The summed E-state index contributed by atoms with van der Waals surface area (Å²) in [5.41, 5.74) is 3.39. The van der Waals surface area contributed by atoms with Crippen LogP contribution in [0.1, 0.15) is 34.3 Å². The lowest BCUT2D eigenvalue weighted by Gasteiger charge is -2.11. The zero-order valence-electron chi connectivity index (χ0n) is 17.2. The molecule has 1 aliphatic rings. The number of benzene rings is 2. The minimum atomic E-state index is -0.416. The number of nitrogens with one attached hydrogen (secondary N) is 2. The summed E-state index contributed by atoms with van der Waals surface area (Å²) in [7, 11) is 0. The Kier molecular flexibility index (Phi) is 6.69. The van der Waals surface area contributed by atoms with Crippen molar-refractivity contribution in [3.63, 3.8) is 0 Å². The molecule has 6 heteroatoms. The van der Waals surface area contributed by atoms with Gasteiger partial charge in [0.05, 0.1) is 0 Å². The van der Waals surface area contributed by atoms with Crippen LogP contribution in [-0.2, 0) is 22.4 Å². The van der Waals surface area contributed by atoms with Gasteiger partial charge in [0.1, 0.15) is 11.9 Å². The number of aromatic nitrogens is 1. The first-order valence-corrected chi connectivity index (χ1v) is 10.5. The molecule has 0 spiro atoms. The fourth-order valence-electron chi connectivity index (χ4n) is 3.57. The fourth-order valence-corrected chi connectivity index (χ4v) is 3.57. The molecule has 1 aliphatic heterocycles. The number of carbonyl (C=O) groups excluding carboxylic acids is 2. The second-order valence-corrected chi connectivity index (χ2v) is 7.56. The molecule has 2 amide bonds. The van der Waals surface area contributed by atoms with Crippen LogP contribution in [0.2, 0.25) is 0 Å². The highest BCUT2D eigenvalue weighted by Gasteiger charge is 2.23. The Labute approximate surface area is 181 Å². The number of hydrogen-bond donors (Lipinski definition) is 2. The topological polar surface area (TPSA) is 80.3 Å². The monoisotopic (exact) mass is 415 g/mol. The first-order chi connectivity index (χ1) is 15.2. The van der Waals surface area contributed by atoms with E-state index in [0.717, 1.165) is 31.2 Å². The summed E-state index contributed by atoms with van der Waals surface area (Å²) in [6.45, 7) is 0.609. The molecule has 4 rings (SSSR count). The third kappa shape index (κ3) is 5.77. The van der Waals surface area contributed by atoms with Gasteiger partial charge in [0.15, 0.2) is 0 Å². The van der Waals surface area contributed by atoms with Gasteiger partial charge in [0, 0.05) is 24.1 Å². The Hall–Kier alpha value is -3.51. The molecular formula is C25H25N3O3. The number of hydrogen-bond acceptors (Lipinski definition) is 4. The number of ether oxygens (including phenoxy) is 1. The van der Waals surface area contributed by atoms with E-state index in [1.807, 2.05) is 30.3 Å². The Balaban J connectivity index is 1.37. The van der Waals surface area contributed by atoms with Gasteiger partial charge in [-0.1, -0.05) is 36.4 Å². The van der Waals surface area contributed by atoms with E-state index in [0.29, 0.717) is 23.7 Å². The number of nitrogens with zero attached hydrogens (tertiary/aromatic N) is 1. The van der Waals surface area contributed by atoms with Crippen molar-refractivity contribution < 1.29 is 14.3 Å². The van der Waals surface area contributed by atoms with Crippen molar-refractivity contribution in [3.05, 3.63) is 89.6 Å². The third-order valence-electron chi connectivity index (χ3n) is 5.23. The highest BCUT2D eigenvalue weighted by molar-refractivity contribution is 6.05. The van der Waals surface area contributed by atoms with Gasteiger partial charge in [-0.3, -0.25) is 9.59 Å². The van der Waals surface area contributed by atoms with Crippen molar-refractivity contribution in [1.82, 2.24) is 4.98 Å². The van der Waals surface area contributed by atoms with Gasteiger partial charge in [-0.25, -0.2) is 4.98 Å². The van der Waals surface area contributed by atoms with Gasteiger partial charge in [0.25, 0.3) is 11.8 Å². The lowest BCUT2D eigenvalue weighted by atomic mass is 10.1. The van der Waals surface area contributed by atoms with Crippen LogP contribution >= 0.6 is 0 Å². The van der Waals surface area contributed by atoms with E-state index in [1.54, 1.807) is 30.5 Å². The predicted octanol–water partition coefficient (Wildman–Crippen LogP) is 4.24. The average Bonchev–Trinajstić information content (AvgIpc) is 3.34. The van der Waals surface area contributed by atoms with Crippen LogP contribution in [-0.4, -0.2) is 29.5 Å². The molecule has 0 aliphatic carbocycles. The first-order valence-electron chi connectivity index (χ1n) is 10.5. The highest BCUT2D eigenvalue weighted by atomic mass is 16.5. The summed E-state index contributed by atoms with van der Waals surface area (Å²) in [6, 6.07) is 21.0. The number of pyridine rings is 1. The van der Waals surface area contributed by atoms with Crippen LogP contribution in [0.25, 0.3) is 0 Å². The van der Waals surface area contributed by atoms with Crippen LogP contribution in [0.15, 0.2) is 72.9 Å². The zero-order chi connectivity index (χ0) is 21.5. The van der Waals surface area contributed by atoms with Crippen molar-refractivity contribution in [3.8, 4) is 0 Å². The average molecular weight is 415 g/mol. The first kappa shape index (κ1) is 20.8. The summed E-state index contributed by atoms with van der Waals surface area (Å²) >= 11 is 0. The molecule has 2 N–H and O–H groups in total. The largest absolute Gasteiger partial charge is 0.368 e. The lowest BCUT2D eigenvalue weighted by molar-refractivity contribution is -0.124. The Morgan fingerprint density at radius 3 is 2.58 bits per heavy atom. The molecule has 0 saturated carbocycles. The van der Waals surface area contributed by atoms with Crippen LogP contribution in [0.4, 0.5) is 11.5 Å². The molecular weight excluding hydrogens is 390 g/mol. The number of aryl methyl sites for hydroxylation is 2. The number of anilines is 2. The van der Waals surface area contributed by atoms with E-state index in [2.05, 4.69) is 27.8 Å². The molecule has 3 aromatic rings. The van der Waals surface area contributed by atoms with Crippen molar-refractivity contribution in [2.24, 2.45) is 0 Å². The summed E-state index contributed by atoms with van der Waals surface area (Å²) in [5, 5.41) is 5.67. The van der Waals surface area contributed by atoms with Gasteiger partial charge in [-0.15, -0.1) is 0 Å². The maximum absolute atomic E-state index is 12.7. The molecule has 1 aromatic heterocycles. The predicted molar refractivity (Wildman–Crippen MR) is 120 cm³/mol. The Morgan fingerprint density at radius 2 is 1.77 bits per heavy atom. The van der Waals surface area contributed by atoms with Gasteiger partial charge in [-0.05, 0) is 67.1 Å². The van der Waals surface area contributed by atoms with Gasteiger partial charge >= 0.3 is 0 Å².